The van der Waals surface area contributed by atoms with Crippen LogP contribution in [-0.4, -0.2) is 76.7 Å². The largest absolute Gasteiger partial charge is 0.361 e. The van der Waals surface area contributed by atoms with Gasteiger partial charge in [-0.1, -0.05) is 17.7 Å². The van der Waals surface area contributed by atoms with Crippen LogP contribution in [0.5, 0.6) is 0 Å². The van der Waals surface area contributed by atoms with E-state index in [1.54, 1.807) is 41.1 Å². The molecular weight excluding hydrogens is 468 g/mol. The van der Waals surface area contributed by atoms with Crippen molar-refractivity contribution in [1.29, 1.82) is 0 Å². The van der Waals surface area contributed by atoms with E-state index < -0.39 is 27.8 Å². The predicted molar refractivity (Wildman–Crippen MR) is 118 cm³/mol. The van der Waals surface area contributed by atoms with Gasteiger partial charge in [-0.05, 0) is 44.1 Å². The van der Waals surface area contributed by atoms with Gasteiger partial charge < -0.3 is 14.4 Å². The van der Waals surface area contributed by atoms with Gasteiger partial charge in [-0.2, -0.15) is 8.42 Å². The third-order valence-corrected chi connectivity index (χ3v) is 6.40. The first-order valence-electron chi connectivity index (χ1n) is 9.47. The third kappa shape index (κ3) is 5.16. The Balaban J connectivity index is 1.96. The normalized spacial score (nSPS) is 23.2. The Morgan fingerprint density at radius 1 is 1.42 bits per heavy atom. The molecule has 1 N–H and O–H groups in total. The van der Waals surface area contributed by atoms with E-state index in [0.29, 0.717) is 24.5 Å². The Labute approximate surface area is 191 Å². The lowest BCUT2D eigenvalue weighted by Gasteiger charge is -2.28. The highest BCUT2D eigenvalue weighted by atomic mass is 35.5. The number of carbonyl (C=O) groups excluding carboxylic acids is 1. The van der Waals surface area contributed by atoms with Gasteiger partial charge in [0.05, 0.1) is 11.4 Å². The average Bonchev–Trinajstić information content (AvgIpc) is 3.20. The lowest BCUT2D eigenvalue weighted by Crippen LogP contribution is -2.39. The molecule has 0 bridgehead atoms. The zero-order valence-corrected chi connectivity index (χ0v) is 19.4. The molecule has 0 saturated carbocycles. The van der Waals surface area contributed by atoms with Crippen LogP contribution in [0.15, 0.2) is 35.8 Å². The molecule has 2 aliphatic heterocycles. The first kappa shape index (κ1) is 23.8. The van der Waals surface area contributed by atoms with Crippen molar-refractivity contribution < 1.29 is 27.2 Å². The number of alkyl halides is 1. The zero-order valence-electron chi connectivity index (χ0n) is 17.0. The lowest BCUT2D eigenvalue weighted by atomic mass is 10.2. The van der Waals surface area contributed by atoms with E-state index in [-0.39, 0.29) is 29.7 Å². The molecule has 0 radical (unpaired) electrons. The number of carbonyl (C=O) groups is 1. The monoisotopic (exact) mass is 490 g/mol. The number of aromatic nitrogens is 1. The molecule has 2 fully saturated rings. The van der Waals surface area contributed by atoms with Gasteiger partial charge >= 0.3 is 0 Å². The van der Waals surface area contributed by atoms with Gasteiger partial charge in [-0.15, -0.1) is 0 Å². The van der Waals surface area contributed by atoms with E-state index in [0.717, 1.165) is 0 Å². The number of hydrogen-bond donors (Lipinski definition) is 1. The molecule has 2 saturated heterocycles. The van der Waals surface area contributed by atoms with Crippen molar-refractivity contribution in [2.24, 2.45) is 0 Å². The average molecular weight is 491 g/mol. The second kappa shape index (κ2) is 9.76. The second-order valence-corrected chi connectivity index (χ2v) is 9.25. The highest BCUT2D eigenvalue weighted by Crippen LogP contribution is 2.36. The summed E-state index contributed by atoms with van der Waals surface area (Å²) in [4.78, 5) is 22.3. The molecule has 31 heavy (non-hydrogen) atoms. The highest BCUT2D eigenvalue weighted by Gasteiger charge is 2.47. The van der Waals surface area contributed by atoms with Crippen molar-refractivity contribution in [3.8, 4) is 0 Å². The summed E-state index contributed by atoms with van der Waals surface area (Å²) >= 11 is 12.0. The second-order valence-electron chi connectivity index (χ2n) is 6.92. The molecule has 3 rings (SSSR count). The fraction of sp³-hybridized carbons (Fsp3) is 0.500. The third-order valence-electron chi connectivity index (χ3n) is 4.88. The minimum atomic E-state index is -4.03. The molecule has 1 amide bonds. The molecule has 10 nitrogen and oxygen atoms in total. The minimum Gasteiger partial charge on any atom is -0.361 e. The van der Waals surface area contributed by atoms with Gasteiger partial charge in [0.1, 0.15) is 24.5 Å². The Bertz CT molecular complexity index is 975. The first-order chi connectivity index (χ1) is 14.7. The minimum absolute atomic E-state index is 0.123. The van der Waals surface area contributed by atoms with E-state index in [9.17, 15) is 13.2 Å². The Morgan fingerprint density at radius 3 is 2.77 bits per heavy atom. The summed E-state index contributed by atoms with van der Waals surface area (Å²) in [6, 6.07) is 5.15. The molecule has 1 aromatic rings. The van der Waals surface area contributed by atoms with Crippen LogP contribution in [0.3, 0.4) is 0 Å². The van der Waals surface area contributed by atoms with E-state index in [4.69, 9.17) is 37.8 Å². The van der Waals surface area contributed by atoms with Crippen LogP contribution in [0.25, 0.3) is 0 Å². The molecule has 0 aliphatic carbocycles. The predicted octanol–water partition coefficient (Wildman–Crippen LogP) is 1.74. The summed E-state index contributed by atoms with van der Waals surface area (Å²) in [6.45, 7) is 2.24. The molecule has 170 valence electrons. The van der Waals surface area contributed by atoms with Crippen molar-refractivity contribution in [2.45, 2.75) is 31.6 Å². The number of ether oxygens (including phenoxy) is 2. The van der Waals surface area contributed by atoms with Crippen LogP contribution in [0.1, 0.15) is 19.8 Å². The van der Waals surface area contributed by atoms with Crippen LogP contribution in [-0.2, 0) is 24.4 Å². The van der Waals surface area contributed by atoms with E-state index in [2.05, 4.69) is 4.98 Å². The highest BCUT2D eigenvalue weighted by molar-refractivity contribution is 7.85. The summed E-state index contributed by atoms with van der Waals surface area (Å²) in [6.07, 6.45) is 1.67. The van der Waals surface area contributed by atoms with Crippen LogP contribution >= 0.6 is 23.8 Å². The van der Waals surface area contributed by atoms with E-state index in [1.165, 1.54) is 12.0 Å². The lowest BCUT2D eigenvalue weighted by molar-refractivity contribution is -0.115. The quantitative estimate of drug-likeness (QED) is 0.190. The molecule has 1 aromatic heterocycles. The molecule has 0 aromatic carbocycles. The number of nitrogens with zero attached hydrogens (tertiary/aromatic N) is 4. The van der Waals surface area contributed by atoms with Gasteiger partial charge in [0.2, 0.25) is 0 Å². The number of pyridine rings is 1. The molecular formula is C18H23ClN4O6S2. The van der Waals surface area contributed by atoms with Crippen molar-refractivity contribution in [2.75, 3.05) is 31.0 Å². The number of thiocarbonyl (C=S) groups is 1. The van der Waals surface area contributed by atoms with Gasteiger partial charge in [0.15, 0.2) is 10.7 Å². The topological polar surface area (TPSA) is 113 Å². The van der Waals surface area contributed by atoms with Gasteiger partial charge in [-0.3, -0.25) is 14.2 Å². The summed E-state index contributed by atoms with van der Waals surface area (Å²) in [5.41, 5.74) is -0.265. The maximum atomic E-state index is 13.5. The smallest absolute Gasteiger partial charge is 0.284 e. The van der Waals surface area contributed by atoms with Crippen molar-refractivity contribution >= 4 is 50.8 Å². The van der Waals surface area contributed by atoms with Crippen LogP contribution in [0.2, 0.25) is 0 Å². The van der Waals surface area contributed by atoms with Crippen molar-refractivity contribution in [3.63, 3.8) is 0 Å². The number of unbranched alkanes of at least 4 members (excludes halogenated alkanes) is 1. The van der Waals surface area contributed by atoms with E-state index in [1.807, 2.05) is 0 Å². The Hall–Kier alpha value is -1.83. The maximum absolute atomic E-state index is 13.5. The van der Waals surface area contributed by atoms with Gasteiger partial charge in [0, 0.05) is 19.9 Å². The molecule has 0 spiro atoms. The van der Waals surface area contributed by atoms with Crippen LogP contribution in [0, 0.1) is 0 Å². The van der Waals surface area contributed by atoms with Crippen molar-refractivity contribution in [1.82, 2.24) is 14.8 Å². The zero-order chi connectivity index (χ0) is 22.8. The number of halogens is 1. The van der Waals surface area contributed by atoms with Crippen LogP contribution < -0.4 is 4.90 Å². The Kier molecular flexibility index (Phi) is 7.50. The first-order valence-corrected chi connectivity index (χ1v) is 11.9. The number of rotatable bonds is 8. The summed E-state index contributed by atoms with van der Waals surface area (Å²) < 4.78 is 41.8. The fourth-order valence-electron chi connectivity index (χ4n) is 3.34. The van der Waals surface area contributed by atoms with Crippen LogP contribution in [0.4, 0.5) is 5.82 Å². The van der Waals surface area contributed by atoms with E-state index >= 15 is 0 Å². The summed E-state index contributed by atoms with van der Waals surface area (Å²) in [5, 5.41) is 0.197. The molecule has 2 aliphatic rings. The number of hydrogen-bond acceptors (Lipinski definition) is 8. The Morgan fingerprint density at radius 2 is 2.16 bits per heavy atom. The molecule has 3 heterocycles. The maximum Gasteiger partial charge on any atom is 0.284 e. The summed E-state index contributed by atoms with van der Waals surface area (Å²) in [7, 11) is -2.53. The van der Waals surface area contributed by atoms with Gasteiger partial charge in [-0.25, -0.2) is 9.88 Å². The van der Waals surface area contributed by atoms with Crippen molar-refractivity contribution in [3.05, 3.63) is 35.8 Å². The number of amides is 1. The number of anilines is 1. The standard InChI is InChI=1S/C18H23ClN4O6S2/c1-12(28-2)22-15(17(24)23(18(22)30)13-7-3-4-8-20-13)14-16(19)29-11-21(14)9-5-6-10-31(25,26)27/h3-4,7-8,12,16H,5-6,9-11H2,1-2H3,(H,25,26,27). The fourth-order valence-corrected chi connectivity index (χ4v) is 4.62. The molecule has 2 atom stereocenters. The molecule has 13 heteroatoms. The molecule has 2 unspecified atom stereocenters. The summed E-state index contributed by atoms with van der Waals surface area (Å²) in [5.74, 6) is -0.394. The van der Waals surface area contributed by atoms with Gasteiger partial charge in [0.25, 0.3) is 16.0 Å². The SMILES string of the molecule is COC(C)N1C(=S)N(c2ccccn2)C(=O)C1=C1C(Cl)OCN1CCCCS(=O)(=O)O. The number of methoxy groups -OCH3 is 1.